The Morgan fingerprint density at radius 3 is 2.87 bits per heavy atom. The number of hydrogen-bond donors (Lipinski definition) is 2. The molecule has 2 fully saturated rings. The van der Waals surface area contributed by atoms with Crippen LogP contribution in [0.5, 0.6) is 11.5 Å². The molecule has 5 heteroatoms. The number of Topliss-reactive ketones (excluding diaryl/α,β-unsaturated/α-hetero) is 1. The van der Waals surface area contributed by atoms with Gasteiger partial charge in [-0.05, 0) is 18.6 Å². The molecule has 1 aromatic rings. The summed E-state index contributed by atoms with van der Waals surface area (Å²) in [5.74, 6) is 1.03. The van der Waals surface area contributed by atoms with Crippen LogP contribution in [-0.4, -0.2) is 58.9 Å². The molecule has 2 aliphatic carbocycles. The highest BCUT2D eigenvalue weighted by Crippen LogP contribution is 2.64. The lowest BCUT2D eigenvalue weighted by Crippen LogP contribution is -2.79. The minimum absolute atomic E-state index is 0.0257. The molecule has 5 nitrogen and oxygen atoms in total. The van der Waals surface area contributed by atoms with Crippen molar-refractivity contribution in [1.29, 1.82) is 0 Å². The van der Waals surface area contributed by atoms with E-state index in [4.69, 9.17) is 4.74 Å². The summed E-state index contributed by atoms with van der Waals surface area (Å²) < 4.78 is 6.76. The van der Waals surface area contributed by atoms with E-state index in [1.165, 1.54) is 0 Å². The molecule has 2 bridgehead atoms. The third kappa shape index (κ3) is 1.28. The Bertz CT molecular complexity index is 758. The number of likely N-dealkylation sites (tertiary alicyclic amines) is 1. The summed E-state index contributed by atoms with van der Waals surface area (Å²) in [5, 5.41) is 22.3. The summed E-state index contributed by atoms with van der Waals surface area (Å²) in [5.41, 5.74) is 0.163. The van der Waals surface area contributed by atoms with Gasteiger partial charge < -0.3 is 19.4 Å². The normalized spacial score (nSPS) is 42.1. The number of phenolic OH excluding ortho intramolecular Hbond substituents is 1. The van der Waals surface area contributed by atoms with Gasteiger partial charge in [0.05, 0.1) is 26.1 Å². The number of carbonyl (C=O) groups excluding carboxylic acids is 1. The van der Waals surface area contributed by atoms with Gasteiger partial charge in [-0.2, -0.15) is 0 Å². The van der Waals surface area contributed by atoms with Crippen molar-refractivity contribution in [2.24, 2.45) is 0 Å². The van der Waals surface area contributed by atoms with E-state index in [-0.39, 0.29) is 17.6 Å². The second-order valence-corrected chi connectivity index (χ2v) is 8.27. The van der Waals surface area contributed by atoms with Crippen molar-refractivity contribution in [2.75, 3.05) is 20.6 Å². The number of rotatable bonds is 0. The third-order valence-electron chi connectivity index (χ3n) is 7.08. The fourth-order valence-electron chi connectivity index (χ4n) is 5.96. The molecule has 0 radical (unpaired) electrons. The highest BCUT2D eigenvalue weighted by atomic mass is 16.5. The molecule has 4 aliphatic rings. The zero-order valence-corrected chi connectivity index (χ0v) is 13.5. The maximum atomic E-state index is 12.6. The van der Waals surface area contributed by atoms with Gasteiger partial charge >= 0.3 is 0 Å². The number of likely N-dealkylation sites (N-methyl/N-ethyl adjacent to an activating group) is 1. The van der Waals surface area contributed by atoms with Crippen molar-refractivity contribution < 1.29 is 24.2 Å². The zero-order chi connectivity index (χ0) is 16.2. The molecule has 2 N–H and O–H groups in total. The predicted octanol–water partition coefficient (Wildman–Crippen LogP) is 0.890. The lowest BCUT2D eigenvalue weighted by Gasteiger charge is -2.63. The van der Waals surface area contributed by atoms with Crippen LogP contribution in [0.25, 0.3) is 0 Å². The van der Waals surface area contributed by atoms with Crippen LogP contribution in [0, 0.1) is 0 Å². The smallest absolute Gasteiger partial charge is 0.174 e. The molecule has 0 amide bonds. The summed E-state index contributed by atoms with van der Waals surface area (Å²) in [6.07, 6.45) is 1.61. The molecule has 2 heterocycles. The highest BCUT2D eigenvalue weighted by molar-refractivity contribution is 5.89. The van der Waals surface area contributed by atoms with Crippen molar-refractivity contribution in [3.8, 4) is 11.5 Å². The number of benzene rings is 1. The van der Waals surface area contributed by atoms with Crippen molar-refractivity contribution in [3.63, 3.8) is 0 Å². The molecule has 1 saturated heterocycles. The molecule has 0 aromatic heterocycles. The Labute approximate surface area is 135 Å². The Morgan fingerprint density at radius 2 is 2.09 bits per heavy atom. The second-order valence-electron chi connectivity index (χ2n) is 8.27. The first-order chi connectivity index (χ1) is 10.8. The van der Waals surface area contributed by atoms with E-state index in [9.17, 15) is 15.0 Å². The molecule has 2 aliphatic heterocycles. The number of hydrogen-bond acceptors (Lipinski definition) is 4. The van der Waals surface area contributed by atoms with Gasteiger partial charge in [-0.3, -0.25) is 4.79 Å². The van der Waals surface area contributed by atoms with E-state index in [0.29, 0.717) is 35.9 Å². The van der Waals surface area contributed by atoms with Crippen LogP contribution in [0.1, 0.15) is 30.4 Å². The number of phenols is 1. The Balaban J connectivity index is 1.88. The summed E-state index contributed by atoms with van der Waals surface area (Å²) >= 11 is 0. The number of quaternary nitrogens is 1. The van der Waals surface area contributed by atoms with Crippen molar-refractivity contribution >= 4 is 5.78 Å². The molecule has 1 saturated carbocycles. The van der Waals surface area contributed by atoms with Crippen molar-refractivity contribution in [2.45, 2.75) is 48.8 Å². The molecule has 4 atom stereocenters. The Morgan fingerprint density at radius 1 is 1.30 bits per heavy atom. The highest BCUT2D eigenvalue weighted by Gasteiger charge is 2.75. The topological polar surface area (TPSA) is 66.8 Å². The van der Waals surface area contributed by atoms with Gasteiger partial charge in [-0.25, -0.2) is 0 Å². The number of aromatic hydroxyl groups is 1. The van der Waals surface area contributed by atoms with Gasteiger partial charge in [0.15, 0.2) is 11.9 Å². The minimum atomic E-state index is -0.945. The first kappa shape index (κ1) is 13.8. The van der Waals surface area contributed by atoms with Crippen LogP contribution in [-0.2, 0) is 16.6 Å². The standard InChI is InChI=1S/C18H21NO4/c1-19(2)8-7-17-15-10-9-14(19)18(17,22)6-5-12(21)16(17)23-13(15)4-3-11(10)20/h3-4,14,16,22H,5-9H2,1-2H3/p+1/t14-,16?,17+,18+/m0/s1. The number of carbonyl (C=O) groups is 1. The molecular formula is C18H22NO4+. The lowest BCUT2D eigenvalue weighted by molar-refractivity contribution is -0.931. The van der Waals surface area contributed by atoms with Gasteiger partial charge in [0.25, 0.3) is 0 Å². The van der Waals surface area contributed by atoms with Crippen LogP contribution in [0.2, 0.25) is 0 Å². The average Bonchev–Trinajstić information content (AvgIpc) is 2.84. The monoisotopic (exact) mass is 316 g/mol. The maximum Gasteiger partial charge on any atom is 0.174 e. The quantitative estimate of drug-likeness (QED) is 0.698. The van der Waals surface area contributed by atoms with Crippen LogP contribution >= 0.6 is 0 Å². The summed E-state index contributed by atoms with van der Waals surface area (Å²) in [4.78, 5) is 12.6. The summed E-state index contributed by atoms with van der Waals surface area (Å²) in [6, 6.07) is 3.39. The SMILES string of the molecule is C[N+]1(C)CC[C@]23c4c5ccc(O)c4C[C@H]1[C@]2(O)CCC(=O)C3O5. The van der Waals surface area contributed by atoms with E-state index < -0.39 is 17.1 Å². The summed E-state index contributed by atoms with van der Waals surface area (Å²) in [7, 11) is 4.28. The van der Waals surface area contributed by atoms with Crippen LogP contribution in [0.4, 0.5) is 0 Å². The van der Waals surface area contributed by atoms with Crippen LogP contribution < -0.4 is 4.74 Å². The fraction of sp³-hybridized carbons (Fsp3) is 0.611. The number of ether oxygens (including phenoxy) is 1. The molecule has 122 valence electrons. The zero-order valence-electron chi connectivity index (χ0n) is 13.5. The molecule has 5 rings (SSSR count). The molecule has 23 heavy (non-hydrogen) atoms. The lowest BCUT2D eigenvalue weighted by atomic mass is 9.48. The molecule has 1 unspecified atom stereocenters. The largest absolute Gasteiger partial charge is 0.508 e. The first-order valence-corrected chi connectivity index (χ1v) is 8.41. The fourth-order valence-corrected chi connectivity index (χ4v) is 5.96. The van der Waals surface area contributed by atoms with E-state index >= 15 is 0 Å². The number of piperidine rings is 1. The van der Waals surface area contributed by atoms with Gasteiger partial charge in [-0.15, -0.1) is 0 Å². The third-order valence-corrected chi connectivity index (χ3v) is 7.08. The predicted molar refractivity (Wildman–Crippen MR) is 82.5 cm³/mol. The van der Waals surface area contributed by atoms with E-state index in [1.54, 1.807) is 12.1 Å². The summed E-state index contributed by atoms with van der Waals surface area (Å²) in [6.45, 7) is 0.897. The number of nitrogens with zero attached hydrogens (tertiary/aromatic N) is 1. The van der Waals surface area contributed by atoms with Crippen LogP contribution in [0.15, 0.2) is 12.1 Å². The van der Waals surface area contributed by atoms with Crippen LogP contribution in [0.3, 0.4) is 0 Å². The van der Waals surface area contributed by atoms with Gasteiger partial charge in [-0.1, -0.05) is 0 Å². The van der Waals surface area contributed by atoms with Crippen molar-refractivity contribution in [3.05, 3.63) is 23.3 Å². The number of ketones is 1. The van der Waals surface area contributed by atoms with E-state index in [1.807, 2.05) is 0 Å². The first-order valence-electron chi connectivity index (χ1n) is 8.41. The van der Waals surface area contributed by atoms with Gasteiger partial charge in [0, 0.05) is 30.4 Å². The average molecular weight is 316 g/mol. The number of aliphatic hydroxyl groups is 1. The minimum Gasteiger partial charge on any atom is -0.508 e. The molecule has 1 spiro atoms. The van der Waals surface area contributed by atoms with Crippen molar-refractivity contribution in [1.82, 2.24) is 0 Å². The van der Waals surface area contributed by atoms with E-state index in [2.05, 4.69) is 14.1 Å². The van der Waals surface area contributed by atoms with Gasteiger partial charge in [0.2, 0.25) is 0 Å². The van der Waals surface area contributed by atoms with Gasteiger partial charge in [0.1, 0.15) is 23.1 Å². The Kier molecular flexibility index (Phi) is 2.24. The molecular weight excluding hydrogens is 294 g/mol. The second kappa shape index (κ2) is 3.73. The maximum absolute atomic E-state index is 12.6. The molecule has 1 aromatic carbocycles. The van der Waals surface area contributed by atoms with E-state index in [0.717, 1.165) is 17.7 Å². The Hall–Kier alpha value is -1.59.